The van der Waals surface area contributed by atoms with Crippen molar-refractivity contribution in [3.8, 4) is 10.6 Å². The number of aromatic nitrogens is 2. The van der Waals surface area contributed by atoms with Crippen molar-refractivity contribution in [2.45, 2.75) is 20.8 Å². The van der Waals surface area contributed by atoms with Crippen LogP contribution in [0.2, 0.25) is 0 Å². The van der Waals surface area contributed by atoms with Gasteiger partial charge in [-0.25, -0.2) is 4.79 Å². The topological polar surface area (TPSA) is 66.9 Å². The lowest BCUT2D eigenvalue weighted by Crippen LogP contribution is -2.19. The number of nitrogens with one attached hydrogen (secondary N) is 2. The summed E-state index contributed by atoms with van der Waals surface area (Å²) >= 11 is 1.35. The van der Waals surface area contributed by atoms with Gasteiger partial charge in [-0.05, 0) is 50.1 Å². The van der Waals surface area contributed by atoms with E-state index in [9.17, 15) is 4.79 Å². The SMILES string of the molecule is Cc1ccc(NC(=O)Nc2nnc(-c3ccc(C)c(C)c3)s2)cc1. The van der Waals surface area contributed by atoms with Gasteiger partial charge in [0.15, 0.2) is 0 Å². The molecule has 0 saturated carbocycles. The Kier molecular flexibility index (Phi) is 4.57. The molecule has 0 saturated heterocycles. The summed E-state index contributed by atoms with van der Waals surface area (Å²) < 4.78 is 0. The van der Waals surface area contributed by atoms with Gasteiger partial charge in [0.2, 0.25) is 5.13 Å². The van der Waals surface area contributed by atoms with Gasteiger partial charge in [0.25, 0.3) is 0 Å². The zero-order valence-electron chi connectivity index (χ0n) is 13.8. The predicted octanol–water partition coefficient (Wildman–Crippen LogP) is 4.77. The number of anilines is 2. The van der Waals surface area contributed by atoms with Crippen molar-refractivity contribution in [3.63, 3.8) is 0 Å². The highest BCUT2D eigenvalue weighted by Gasteiger charge is 2.10. The maximum Gasteiger partial charge on any atom is 0.325 e. The zero-order valence-corrected chi connectivity index (χ0v) is 14.6. The highest BCUT2D eigenvalue weighted by Crippen LogP contribution is 2.27. The van der Waals surface area contributed by atoms with Crippen LogP contribution in [0.3, 0.4) is 0 Å². The first-order valence-corrected chi connectivity index (χ1v) is 8.39. The average molecular weight is 338 g/mol. The molecule has 5 nitrogen and oxygen atoms in total. The molecule has 0 spiro atoms. The molecule has 0 unspecified atom stereocenters. The Bertz CT molecular complexity index is 871. The second-order valence-electron chi connectivity index (χ2n) is 5.66. The molecule has 1 heterocycles. The minimum absolute atomic E-state index is 0.332. The molecule has 2 aromatic carbocycles. The van der Waals surface area contributed by atoms with Gasteiger partial charge in [0.1, 0.15) is 5.01 Å². The lowest BCUT2D eigenvalue weighted by atomic mass is 10.1. The summed E-state index contributed by atoms with van der Waals surface area (Å²) in [6.45, 7) is 6.13. The molecule has 3 aromatic rings. The van der Waals surface area contributed by atoms with Crippen LogP contribution in [0, 0.1) is 20.8 Å². The monoisotopic (exact) mass is 338 g/mol. The largest absolute Gasteiger partial charge is 0.325 e. The van der Waals surface area contributed by atoms with E-state index < -0.39 is 0 Å². The molecule has 0 bridgehead atoms. The predicted molar refractivity (Wildman–Crippen MR) is 98.6 cm³/mol. The normalized spacial score (nSPS) is 10.5. The first kappa shape index (κ1) is 16.1. The van der Waals surface area contributed by atoms with E-state index in [2.05, 4.69) is 46.8 Å². The number of hydrogen-bond donors (Lipinski definition) is 2. The van der Waals surface area contributed by atoms with Crippen LogP contribution in [0.5, 0.6) is 0 Å². The standard InChI is InChI=1S/C18H18N4OS/c1-11-4-8-15(9-5-11)19-17(23)20-18-22-21-16(24-18)14-7-6-12(2)13(3)10-14/h4-10H,1-3H3,(H2,19,20,22,23). The number of amides is 2. The highest BCUT2D eigenvalue weighted by molar-refractivity contribution is 7.18. The van der Waals surface area contributed by atoms with E-state index in [0.29, 0.717) is 5.13 Å². The Balaban J connectivity index is 1.68. The molecule has 2 N–H and O–H groups in total. The summed E-state index contributed by atoms with van der Waals surface area (Å²) in [5.74, 6) is 0. The summed E-state index contributed by atoms with van der Waals surface area (Å²) in [5, 5.41) is 14.9. The second kappa shape index (κ2) is 6.80. The van der Waals surface area contributed by atoms with Crippen LogP contribution in [0.4, 0.5) is 15.6 Å². The molecular weight excluding hydrogens is 320 g/mol. The van der Waals surface area contributed by atoms with Gasteiger partial charge < -0.3 is 5.32 Å². The van der Waals surface area contributed by atoms with Crippen molar-refractivity contribution in [1.82, 2.24) is 10.2 Å². The fourth-order valence-electron chi connectivity index (χ4n) is 2.16. The van der Waals surface area contributed by atoms with Crippen molar-refractivity contribution in [2.75, 3.05) is 10.6 Å². The van der Waals surface area contributed by atoms with Crippen LogP contribution in [0.15, 0.2) is 42.5 Å². The van der Waals surface area contributed by atoms with Gasteiger partial charge in [-0.15, -0.1) is 10.2 Å². The molecule has 1 aromatic heterocycles. The van der Waals surface area contributed by atoms with E-state index in [1.165, 1.54) is 22.5 Å². The van der Waals surface area contributed by atoms with Gasteiger partial charge in [-0.1, -0.05) is 41.2 Å². The zero-order chi connectivity index (χ0) is 17.1. The number of carbonyl (C=O) groups is 1. The summed E-state index contributed by atoms with van der Waals surface area (Å²) in [5.41, 5.74) is 5.32. The Labute approximate surface area is 144 Å². The Morgan fingerprint density at radius 1 is 0.917 bits per heavy atom. The van der Waals surface area contributed by atoms with Crippen molar-refractivity contribution >= 4 is 28.2 Å². The van der Waals surface area contributed by atoms with Gasteiger partial charge in [-0.3, -0.25) is 5.32 Å². The third-order valence-electron chi connectivity index (χ3n) is 3.71. The number of rotatable bonds is 3. The lowest BCUT2D eigenvalue weighted by Gasteiger charge is -2.05. The second-order valence-corrected chi connectivity index (χ2v) is 6.63. The van der Waals surface area contributed by atoms with Crippen molar-refractivity contribution in [3.05, 3.63) is 59.2 Å². The summed E-state index contributed by atoms with van der Waals surface area (Å²) in [6, 6.07) is 13.4. The van der Waals surface area contributed by atoms with Crippen molar-refractivity contribution < 1.29 is 4.79 Å². The number of benzene rings is 2. The minimum atomic E-state index is -0.332. The van der Waals surface area contributed by atoms with Crippen LogP contribution < -0.4 is 10.6 Å². The van der Waals surface area contributed by atoms with E-state index in [4.69, 9.17) is 0 Å². The average Bonchev–Trinajstić information content (AvgIpc) is 3.00. The molecule has 0 aliphatic heterocycles. The van der Waals surface area contributed by atoms with Crippen LogP contribution >= 0.6 is 11.3 Å². The number of hydrogen-bond acceptors (Lipinski definition) is 4. The van der Waals surface area contributed by atoms with Crippen LogP contribution in [-0.2, 0) is 0 Å². The quantitative estimate of drug-likeness (QED) is 0.722. The fourth-order valence-corrected chi connectivity index (χ4v) is 2.90. The van der Waals surface area contributed by atoms with Crippen LogP contribution in [-0.4, -0.2) is 16.2 Å². The third kappa shape index (κ3) is 3.78. The highest BCUT2D eigenvalue weighted by atomic mass is 32.1. The van der Waals surface area contributed by atoms with E-state index in [-0.39, 0.29) is 6.03 Å². The molecule has 0 fully saturated rings. The van der Waals surface area contributed by atoms with E-state index >= 15 is 0 Å². The molecule has 0 atom stereocenters. The smallest absolute Gasteiger partial charge is 0.308 e. The molecule has 24 heavy (non-hydrogen) atoms. The van der Waals surface area contributed by atoms with E-state index in [1.54, 1.807) is 0 Å². The minimum Gasteiger partial charge on any atom is -0.308 e. The molecular formula is C18H18N4OS. The van der Waals surface area contributed by atoms with Gasteiger partial charge >= 0.3 is 6.03 Å². The van der Waals surface area contributed by atoms with Crippen molar-refractivity contribution in [1.29, 1.82) is 0 Å². The summed E-state index contributed by atoms with van der Waals surface area (Å²) in [7, 11) is 0. The first-order chi connectivity index (χ1) is 11.5. The lowest BCUT2D eigenvalue weighted by molar-refractivity contribution is 0.262. The molecule has 6 heteroatoms. The molecule has 0 aliphatic carbocycles. The van der Waals surface area contributed by atoms with Gasteiger partial charge in [0.05, 0.1) is 0 Å². The number of urea groups is 1. The van der Waals surface area contributed by atoms with E-state index in [1.807, 2.05) is 37.3 Å². The number of carbonyl (C=O) groups excluding carboxylic acids is 1. The Morgan fingerprint density at radius 2 is 1.67 bits per heavy atom. The number of aryl methyl sites for hydroxylation is 3. The van der Waals surface area contributed by atoms with Crippen molar-refractivity contribution in [2.24, 2.45) is 0 Å². The molecule has 3 rings (SSSR count). The molecule has 0 aliphatic rings. The Morgan fingerprint density at radius 3 is 2.38 bits per heavy atom. The fraction of sp³-hybridized carbons (Fsp3) is 0.167. The molecule has 0 radical (unpaired) electrons. The maximum absolute atomic E-state index is 12.0. The summed E-state index contributed by atoms with van der Waals surface area (Å²) in [6.07, 6.45) is 0. The molecule has 122 valence electrons. The first-order valence-electron chi connectivity index (χ1n) is 7.57. The number of nitrogens with zero attached hydrogens (tertiary/aromatic N) is 2. The summed E-state index contributed by atoms with van der Waals surface area (Å²) in [4.78, 5) is 12.0. The van der Waals surface area contributed by atoms with Crippen LogP contribution in [0.25, 0.3) is 10.6 Å². The van der Waals surface area contributed by atoms with Crippen LogP contribution in [0.1, 0.15) is 16.7 Å². The Hall–Kier alpha value is -2.73. The van der Waals surface area contributed by atoms with Gasteiger partial charge in [0, 0.05) is 11.3 Å². The molecule has 2 amide bonds. The third-order valence-corrected chi connectivity index (χ3v) is 4.60. The maximum atomic E-state index is 12.0. The van der Waals surface area contributed by atoms with Gasteiger partial charge in [-0.2, -0.15) is 0 Å². The van der Waals surface area contributed by atoms with E-state index in [0.717, 1.165) is 21.8 Å².